The van der Waals surface area contributed by atoms with Gasteiger partial charge in [0, 0.05) is 40.3 Å². The van der Waals surface area contributed by atoms with Gasteiger partial charge in [-0.05, 0) is 29.4 Å². The number of benzene rings is 1. The van der Waals surface area contributed by atoms with Crippen LogP contribution in [0.25, 0.3) is 0 Å². The van der Waals surface area contributed by atoms with E-state index in [1.807, 2.05) is 7.05 Å². The number of piperidine rings is 1. The topological polar surface area (TPSA) is 70.4 Å². The molecule has 8 heteroatoms. The maximum Gasteiger partial charge on any atom is 0.191 e. The summed E-state index contributed by atoms with van der Waals surface area (Å²) < 4.78 is 1.75. The smallest absolute Gasteiger partial charge is 0.191 e. The van der Waals surface area contributed by atoms with Crippen LogP contribution in [0.1, 0.15) is 37.2 Å². The molecule has 7 nitrogen and oxygen atoms in total. The third-order valence-electron chi connectivity index (χ3n) is 5.28. The monoisotopic (exact) mass is 511 g/mol. The Kier molecular flexibility index (Phi) is 9.35. The van der Waals surface area contributed by atoms with Crippen LogP contribution in [-0.2, 0) is 26.7 Å². The molecular weight excluding hydrogens is 477 g/mol. The molecule has 1 aliphatic rings. The molecule has 3 rings (SSSR count). The van der Waals surface area contributed by atoms with E-state index in [0.29, 0.717) is 6.54 Å². The van der Waals surface area contributed by atoms with Crippen molar-refractivity contribution in [2.45, 2.75) is 39.9 Å². The highest BCUT2D eigenvalue weighted by Crippen LogP contribution is 2.22. The van der Waals surface area contributed by atoms with Gasteiger partial charge in [-0.25, -0.2) is 4.98 Å². The van der Waals surface area contributed by atoms with Crippen molar-refractivity contribution in [1.82, 2.24) is 30.3 Å². The van der Waals surface area contributed by atoms with E-state index in [9.17, 15) is 0 Å². The van der Waals surface area contributed by atoms with Crippen molar-refractivity contribution >= 4 is 29.9 Å². The fourth-order valence-electron chi connectivity index (χ4n) is 3.99. The van der Waals surface area contributed by atoms with Crippen LogP contribution < -0.4 is 10.6 Å². The third-order valence-corrected chi connectivity index (χ3v) is 5.28. The summed E-state index contributed by atoms with van der Waals surface area (Å²) in [6, 6.07) is 8.90. The molecule has 0 radical (unpaired) electrons. The molecule has 1 fully saturated rings. The Morgan fingerprint density at radius 3 is 2.28 bits per heavy atom. The summed E-state index contributed by atoms with van der Waals surface area (Å²) >= 11 is 0. The van der Waals surface area contributed by atoms with Gasteiger partial charge in [0.2, 0.25) is 0 Å². The molecule has 0 spiro atoms. The number of likely N-dealkylation sites (tertiary alicyclic amines) is 1. The van der Waals surface area contributed by atoms with E-state index in [4.69, 9.17) is 0 Å². The van der Waals surface area contributed by atoms with E-state index in [2.05, 4.69) is 68.7 Å². The van der Waals surface area contributed by atoms with Gasteiger partial charge in [-0.15, -0.1) is 24.0 Å². The number of guanidine groups is 1. The Morgan fingerprint density at radius 2 is 1.69 bits per heavy atom. The van der Waals surface area contributed by atoms with Gasteiger partial charge in [-0.1, -0.05) is 38.1 Å². The highest BCUT2D eigenvalue weighted by molar-refractivity contribution is 14.0. The largest absolute Gasteiger partial charge is 0.352 e. The van der Waals surface area contributed by atoms with Crippen molar-refractivity contribution in [3.05, 3.63) is 47.5 Å². The highest BCUT2D eigenvalue weighted by Gasteiger charge is 2.21. The molecular formula is C21H34IN7. The number of rotatable bonds is 6. The van der Waals surface area contributed by atoms with Crippen LogP contribution in [0.5, 0.6) is 0 Å². The summed E-state index contributed by atoms with van der Waals surface area (Å²) in [7, 11) is 3.66. The standard InChI is InChI=1S/C21H33N7.HI/c1-16-9-17(2)13-28(12-16)14-19-7-5-18(6-8-19)10-23-21(22-3)24-11-20-25-15-26-27(20)4;/h5-8,15-17H,9-14H2,1-4H3,(H2,22,23,24);1H. The predicted octanol–water partition coefficient (Wildman–Crippen LogP) is 2.78. The summed E-state index contributed by atoms with van der Waals surface area (Å²) in [5, 5.41) is 10.7. The Balaban J connectivity index is 0.00000300. The van der Waals surface area contributed by atoms with Crippen molar-refractivity contribution in [3.63, 3.8) is 0 Å². The van der Waals surface area contributed by atoms with Gasteiger partial charge < -0.3 is 10.6 Å². The number of hydrogen-bond donors (Lipinski definition) is 2. The lowest BCUT2D eigenvalue weighted by molar-refractivity contribution is 0.134. The van der Waals surface area contributed by atoms with Crippen LogP contribution in [0.15, 0.2) is 35.6 Å². The number of hydrogen-bond acceptors (Lipinski definition) is 4. The Morgan fingerprint density at radius 1 is 1.07 bits per heavy atom. The van der Waals surface area contributed by atoms with Gasteiger partial charge in [0.25, 0.3) is 0 Å². The normalized spacial score (nSPS) is 20.2. The fourth-order valence-corrected chi connectivity index (χ4v) is 3.99. The van der Waals surface area contributed by atoms with Gasteiger partial charge in [0.05, 0.1) is 6.54 Å². The second kappa shape index (κ2) is 11.5. The minimum absolute atomic E-state index is 0. The quantitative estimate of drug-likeness (QED) is 0.355. The zero-order valence-corrected chi connectivity index (χ0v) is 20.3. The molecule has 1 saturated heterocycles. The van der Waals surface area contributed by atoms with Crippen LogP contribution in [0.3, 0.4) is 0 Å². The van der Waals surface area contributed by atoms with E-state index < -0.39 is 0 Å². The molecule has 2 atom stereocenters. The second-order valence-corrected chi connectivity index (χ2v) is 8.04. The predicted molar refractivity (Wildman–Crippen MR) is 128 cm³/mol. The van der Waals surface area contributed by atoms with Crippen molar-refractivity contribution in [2.24, 2.45) is 23.9 Å². The van der Waals surface area contributed by atoms with Crippen molar-refractivity contribution in [2.75, 3.05) is 20.1 Å². The number of nitrogens with one attached hydrogen (secondary N) is 2. The molecule has 2 unspecified atom stereocenters. The minimum Gasteiger partial charge on any atom is -0.352 e. The molecule has 0 saturated carbocycles. The lowest BCUT2D eigenvalue weighted by Crippen LogP contribution is -2.38. The first-order chi connectivity index (χ1) is 13.5. The number of nitrogens with zero attached hydrogens (tertiary/aromatic N) is 5. The van der Waals surface area contributed by atoms with Crippen molar-refractivity contribution in [3.8, 4) is 0 Å². The Labute approximate surface area is 191 Å². The van der Waals surface area contributed by atoms with Crippen LogP contribution in [0.4, 0.5) is 0 Å². The molecule has 1 aromatic carbocycles. The van der Waals surface area contributed by atoms with Crippen molar-refractivity contribution in [1.29, 1.82) is 0 Å². The van der Waals surface area contributed by atoms with Gasteiger partial charge in [-0.2, -0.15) is 5.10 Å². The number of aryl methyl sites for hydroxylation is 1. The van der Waals surface area contributed by atoms with E-state index in [-0.39, 0.29) is 24.0 Å². The molecule has 0 amide bonds. The maximum absolute atomic E-state index is 4.27. The molecule has 1 aliphatic heterocycles. The van der Waals surface area contributed by atoms with Gasteiger partial charge in [0.1, 0.15) is 12.2 Å². The van der Waals surface area contributed by atoms with E-state index in [1.54, 1.807) is 18.1 Å². The first-order valence-electron chi connectivity index (χ1n) is 10.1. The van der Waals surface area contributed by atoms with Crippen LogP contribution in [0.2, 0.25) is 0 Å². The molecule has 0 bridgehead atoms. The summed E-state index contributed by atoms with van der Waals surface area (Å²) in [5.74, 6) is 3.22. The average molecular weight is 511 g/mol. The molecule has 0 aliphatic carbocycles. The van der Waals surface area contributed by atoms with Crippen LogP contribution in [-0.4, -0.2) is 45.8 Å². The zero-order valence-electron chi connectivity index (χ0n) is 17.9. The van der Waals surface area contributed by atoms with E-state index >= 15 is 0 Å². The maximum atomic E-state index is 4.27. The number of halogens is 1. The van der Waals surface area contributed by atoms with Gasteiger partial charge in [0.15, 0.2) is 5.96 Å². The molecule has 2 aromatic rings. The molecule has 160 valence electrons. The lowest BCUT2D eigenvalue weighted by Gasteiger charge is -2.35. The summed E-state index contributed by atoms with van der Waals surface area (Å²) in [6.45, 7) is 9.51. The average Bonchev–Trinajstić information content (AvgIpc) is 3.07. The highest BCUT2D eigenvalue weighted by atomic mass is 127. The molecule has 1 aromatic heterocycles. The zero-order chi connectivity index (χ0) is 19.9. The van der Waals surface area contributed by atoms with Gasteiger partial charge >= 0.3 is 0 Å². The van der Waals surface area contributed by atoms with Crippen molar-refractivity contribution < 1.29 is 0 Å². The number of aromatic nitrogens is 3. The SMILES string of the molecule is CN=C(NCc1ccc(CN2CC(C)CC(C)C2)cc1)NCc1ncnn1C.I. The first-order valence-corrected chi connectivity index (χ1v) is 10.1. The minimum atomic E-state index is 0. The molecule has 2 heterocycles. The Hall–Kier alpha value is -1.68. The Bertz CT molecular complexity index is 762. The molecule has 29 heavy (non-hydrogen) atoms. The lowest BCUT2D eigenvalue weighted by atomic mass is 9.91. The van der Waals surface area contributed by atoms with Crippen LogP contribution in [0, 0.1) is 11.8 Å². The van der Waals surface area contributed by atoms with E-state index in [0.717, 1.165) is 36.7 Å². The van der Waals surface area contributed by atoms with E-state index in [1.165, 1.54) is 30.6 Å². The summed E-state index contributed by atoms with van der Waals surface area (Å²) in [6.07, 6.45) is 2.91. The molecule has 2 N–H and O–H groups in total. The summed E-state index contributed by atoms with van der Waals surface area (Å²) in [4.78, 5) is 11.1. The summed E-state index contributed by atoms with van der Waals surface area (Å²) in [5.41, 5.74) is 2.63. The van der Waals surface area contributed by atoms with Gasteiger partial charge in [-0.3, -0.25) is 14.6 Å². The number of aliphatic imine (C=N–C) groups is 1. The second-order valence-electron chi connectivity index (χ2n) is 8.04. The third kappa shape index (κ3) is 7.26. The van der Waals surface area contributed by atoms with Crippen LogP contribution >= 0.6 is 24.0 Å². The first kappa shape index (κ1) is 23.6. The fraction of sp³-hybridized carbons (Fsp3) is 0.571.